The number of benzene rings is 1. The molecule has 1 fully saturated rings. The molecular weight excluding hydrogens is 290 g/mol. The molecule has 2 aromatic rings. The Balaban J connectivity index is 1.69. The molecule has 1 atom stereocenters. The standard InChI is InChI=1S/C18H23N3O2/c1-12-5-7-13(8-6-12)10-21-11-14(9-15(21)22)16-19-17(20-23-16)18(2,3)4/h5-8,14H,9-11H2,1-4H3. The molecule has 2 heterocycles. The maximum atomic E-state index is 12.3. The van der Waals surface area contributed by atoms with Crippen molar-refractivity contribution in [1.82, 2.24) is 15.0 Å². The first-order chi connectivity index (χ1) is 10.8. The molecule has 5 heteroatoms. The molecule has 122 valence electrons. The lowest BCUT2D eigenvalue weighted by atomic mass is 9.96. The summed E-state index contributed by atoms with van der Waals surface area (Å²) in [5, 5.41) is 4.06. The van der Waals surface area contributed by atoms with Gasteiger partial charge in [-0.15, -0.1) is 0 Å². The van der Waals surface area contributed by atoms with Gasteiger partial charge < -0.3 is 9.42 Å². The SMILES string of the molecule is Cc1ccc(CN2CC(c3nc(C(C)(C)C)no3)CC2=O)cc1. The fraction of sp³-hybridized carbons (Fsp3) is 0.500. The largest absolute Gasteiger partial charge is 0.339 e. The molecule has 23 heavy (non-hydrogen) atoms. The summed E-state index contributed by atoms with van der Waals surface area (Å²) >= 11 is 0. The van der Waals surface area contributed by atoms with Crippen LogP contribution in [0.1, 0.15) is 56.0 Å². The molecule has 1 amide bonds. The summed E-state index contributed by atoms with van der Waals surface area (Å²) in [5.41, 5.74) is 2.22. The number of carbonyl (C=O) groups excluding carboxylic acids is 1. The fourth-order valence-corrected chi connectivity index (χ4v) is 2.71. The molecule has 1 aliphatic heterocycles. The smallest absolute Gasteiger partial charge is 0.232 e. The summed E-state index contributed by atoms with van der Waals surface area (Å²) in [7, 11) is 0. The Morgan fingerprint density at radius 2 is 1.96 bits per heavy atom. The molecule has 0 spiro atoms. The quantitative estimate of drug-likeness (QED) is 0.873. The number of aromatic nitrogens is 2. The second-order valence-electron chi connectivity index (χ2n) is 7.37. The normalized spacial score (nSPS) is 18.7. The van der Waals surface area contributed by atoms with E-state index in [1.165, 1.54) is 5.56 Å². The highest BCUT2D eigenvalue weighted by Gasteiger charge is 2.35. The molecule has 1 aromatic heterocycles. The molecule has 0 bridgehead atoms. The number of likely N-dealkylation sites (tertiary alicyclic amines) is 1. The maximum absolute atomic E-state index is 12.3. The maximum Gasteiger partial charge on any atom is 0.232 e. The second-order valence-corrected chi connectivity index (χ2v) is 7.37. The molecule has 1 unspecified atom stereocenters. The van der Waals surface area contributed by atoms with Gasteiger partial charge in [-0.05, 0) is 12.5 Å². The van der Waals surface area contributed by atoms with Crippen molar-refractivity contribution in [3.05, 3.63) is 47.1 Å². The van der Waals surface area contributed by atoms with Crippen LogP contribution in [-0.2, 0) is 16.8 Å². The lowest BCUT2D eigenvalue weighted by molar-refractivity contribution is -0.128. The van der Waals surface area contributed by atoms with Gasteiger partial charge >= 0.3 is 0 Å². The summed E-state index contributed by atoms with van der Waals surface area (Å²) in [6, 6.07) is 8.28. The van der Waals surface area contributed by atoms with Crippen molar-refractivity contribution < 1.29 is 9.32 Å². The number of nitrogens with zero attached hydrogens (tertiary/aromatic N) is 3. The average Bonchev–Trinajstić information content (AvgIpc) is 3.08. The van der Waals surface area contributed by atoms with Crippen LogP contribution in [0.2, 0.25) is 0 Å². The van der Waals surface area contributed by atoms with Crippen LogP contribution in [0.3, 0.4) is 0 Å². The molecule has 5 nitrogen and oxygen atoms in total. The average molecular weight is 313 g/mol. The van der Waals surface area contributed by atoms with Gasteiger partial charge in [-0.3, -0.25) is 4.79 Å². The predicted octanol–water partition coefficient (Wildman–Crippen LogP) is 3.19. The Hall–Kier alpha value is -2.17. The van der Waals surface area contributed by atoms with Crippen LogP contribution in [0.5, 0.6) is 0 Å². The molecule has 0 aliphatic carbocycles. The van der Waals surface area contributed by atoms with Crippen LogP contribution in [0, 0.1) is 6.92 Å². The number of carbonyl (C=O) groups is 1. The minimum Gasteiger partial charge on any atom is -0.339 e. The summed E-state index contributed by atoms with van der Waals surface area (Å²) in [6.07, 6.45) is 0.442. The van der Waals surface area contributed by atoms with Crippen LogP contribution in [0.25, 0.3) is 0 Å². The second kappa shape index (κ2) is 5.80. The molecule has 1 aromatic carbocycles. The fourth-order valence-electron chi connectivity index (χ4n) is 2.71. The zero-order valence-electron chi connectivity index (χ0n) is 14.2. The summed E-state index contributed by atoms with van der Waals surface area (Å²) in [6.45, 7) is 9.47. The van der Waals surface area contributed by atoms with E-state index < -0.39 is 0 Å². The first-order valence-corrected chi connectivity index (χ1v) is 8.00. The molecule has 0 N–H and O–H groups in total. The third-order valence-corrected chi connectivity index (χ3v) is 4.17. The van der Waals surface area contributed by atoms with Gasteiger partial charge in [0.1, 0.15) is 0 Å². The van der Waals surface area contributed by atoms with Crippen LogP contribution in [-0.4, -0.2) is 27.5 Å². The van der Waals surface area contributed by atoms with E-state index in [0.717, 1.165) is 5.56 Å². The third-order valence-electron chi connectivity index (χ3n) is 4.17. The van der Waals surface area contributed by atoms with Crippen LogP contribution >= 0.6 is 0 Å². The van der Waals surface area contributed by atoms with Crippen molar-refractivity contribution in [2.24, 2.45) is 0 Å². The highest BCUT2D eigenvalue weighted by molar-refractivity contribution is 5.79. The predicted molar refractivity (Wildman–Crippen MR) is 87.0 cm³/mol. The Labute approximate surface area is 136 Å². The molecule has 0 radical (unpaired) electrons. The van der Waals surface area contributed by atoms with Gasteiger partial charge in [0.25, 0.3) is 0 Å². The monoisotopic (exact) mass is 313 g/mol. The molecule has 1 aliphatic rings. The molecule has 0 saturated carbocycles. The van der Waals surface area contributed by atoms with E-state index in [-0.39, 0.29) is 17.2 Å². The number of hydrogen-bond acceptors (Lipinski definition) is 4. The van der Waals surface area contributed by atoms with Crippen molar-refractivity contribution in [2.45, 2.75) is 52.0 Å². The summed E-state index contributed by atoms with van der Waals surface area (Å²) < 4.78 is 5.40. The number of amides is 1. The highest BCUT2D eigenvalue weighted by Crippen LogP contribution is 2.30. The van der Waals surface area contributed by atoms with E-state index in [9.17, 15) is 4.79 Å². The van der Waals surface area contributed by atoms with Crippen molar-refractivity contribution in [1.29, 1.82) is 0 Å². The van der Waals surface area contributed by atoms with E-state index in [0.29, 0.717) is 31.2 Å². The van der Waals surface area contributed by atoms with E-state index in [1.807, 2.05) is 25.7 Å². The summed E-state index contributed by atoms with van der Waals surface area (Å²) in [5.74, 6) is 1.41. The van der Waals surface area contributed by atoms with E-state index >= 15 is 0 Å². The van der Waals surface area contributed by atoms with E-state index in [2.05, 4.69) is 41.3 Å². The lowest BCUT2D eigenvalue weighted by Crippen LogP contribution is -2.24. The molecular formula is C18H23N3O2. The van der Waals surface area contributed by atoms with Crippen LogP contribution in [0.15, 0.2) is 28.8 Å². The van der Waals surface area contributed by atoms with Gasteiger partial charge in [-0.25, -0.2) is 0 Å². The van der Waals surface area contributed by atoms with Gasteiger partial charge in [-0.2, -0.15) is 4.98 Å². The van der Waals surface area contributed by atoms with E-state index in [4.69, 9.17) is 4.52 Å². The Morgan fingerprint density at radius 1 is 1.26 bits per heavy atom. The minimum absolute atomic E-state index is 0.00320. The number of hydrogen-bond donors (Lipinski definition) is 0. The van der Waals surface area contributed by atoms with Gasteiger partial charge in [0, 0.05) is 24.9 Å². The van der Waals surface area contributed by atoms with E-state index in [1.54, 1.807) is 0 Å². The minimum atomic E-state index is -0.147. The van der Waals surface area contributed by atoms with Gasteiger partial charge in [0.2, 0.25) is 11.8 Å². The van der Waals surface area contributed by atoms with Gasteiger partial charge in [0.15, 0.2) is 5.82 Å². The van der Waals surface area contributed by atoms with Crippen LogP contribution < -0.4 is 0 Å². The third kappa shape index (κ3) is 3.44. The highest BCUT2D eigenvalue weighted by atomic mass is 16.5. The molecule has 1 saturated heterocycles. The zero-order valence-corrected chi connectivity index (χ0v) is 14.2. The van der Waals surface area contributed by atoms with Crippen molar-refractivity contribution in [3.8, 4) is 0 Å². The van der Waals surface area contributed by atoms with Crippen molar-refractivity contribution in [3.63, 3.8) is 0 Å². The van der Waals surface area contributed by atoms with Gasteiger partial charge in [0.05, 0.1) is 5.92 Å². The number of rotatable bonds is 3. The zero-order chi connectivity index (χ0) is 16.6. The van der Waals surface area contributed by atoms with Crippen molar-refractivity contribution in [2.75, 3.05) is 6.54 Å². The molecule has 3 rings (SSSR count). The lowest BCUT2D eigenvalue weighted by Gasteiger charge is -2.16. The number of aryl methyl sites for hydroxylation is 1. The Kier molecular flexibility index (Phi) is 3.96. The summed E-state index contributed by atoms with van der Waals surface area (Å²) in [4.78, 5) is 18.6. The first-order valence-electron chi connectivity index (χ1n) is 8.00. The van der Waals surface area contributed by atoms with Gasteiger partial charge in [-0.1, -0.05) is 55.8 Å². The Bertz CT molecular complexity index is 698. The van der Waals surface area contributed by atoms with Crippen LogP contribution in [0.4, 0.5) is 0 Å². The topological polar surface area (TPSA) is 59.2 Å². The van der Waals surface area contributed by atoms with Crippen molar-refractivity contribution >= 4 is 5.91 Å². The first kappa shape index (κ1) is 15.7. The Morgan fingerprint density at radius 3 is 2.57 bits per heavy atom.